The summed E-state index contributed by atoms with van der Waals surface area (Å²) >= 11 is 1.16. The second-order valence-corrected chi connectivity index (χ2v) is 4.63. The highest BCUT2D eigenvalue weighted by molar-refractivity contribution is 7.17. The molecule has 0 bridgehead atoms. The Hall–Kier alpha value is -1.14. The van der Waals surface area contributed by atoms with Crippen LogP contribution in [0.5, 0.6) is 0 Å². The number of hydrogen-bond acceptors (Lipinski definition) is 5. The monoisotopic (exact) mass is 229 g/mol. The van der Waals surface area contributed by atoms with Crippen LogP contribution in [0.2, 0.25) is 0 Å². The van der Waals surface area contributed by atoms with Gasteiger partial charge in [-0.25, -0.2) is 10.5 Å². The van der Waals surface area contributed by atoms with Gasteiger partial charge in [-0.15, -0.1) is 0 Å². The maximum atomic E-state index is 11.5. The maximum Gasteiger partial charge on any atom is 0.286 e. The fourth-order valence-electron chi connectivity index (χ4n) is 0.948. The molecule has 5 nitrogen and oxygen atoms in total. The van der Waals surface area contributed by atoms with Gasteiger partial charge in [-0.05, 0) is 12.8 Å². The summed E-state index contributed by atoms with van der Waals surface area (Å²) in [7, 11) is 0. The Kier molecular flexibility index (Phi) is 4.05. The molecule has 0 aromatic carbocycles. The zero-order valence-electron chi connectivity index (χ0n) is 9.03. The van der Waals surface area contributed by atoms with Crippen molar-refractivity contribution >= 4 is 22.4 Å². The van der Waals surface area contributed by atoms with Crippen LogP contribution < -0.4 is 11.2 Å². The number of aryl methyl sites for hydroxylation is 1. The lowest BCUT2D eigenvalue weighted by Crippen LogP contribution is -2.25. The van der Waals surface area contributed by atoms with Crippen molar-refractivity contribution in [2.45, 2.75) is 20.8 Å². The van der Waals surface area contributed by atoms with E-state index in [1.807, 2.05) is 13.8 Å². The van der Waals surface area contributed by atoms with Gasteiger partial charge in [0.05, 0.1) is 12.3 Å². The molecule has 0 unspecified atom stereocenters. The van der Waals surface area contributed by atoms with Crippen molar-refractivity contribution in [3.05, 3.63) is 10.6 Å². The summed E-state index contributed by atoms with van der Waals surface area (Å²) in [6, 6.07) is 0. The molecule has 84 valence electrons. The lowest BCUT2D eigenvalue weighted by Gasteiger charge is -2.06. The van der Waals surface area contributed by atoms with E-state index in [4.69, 9.17) is 10.6 Å². The molecular weight excluding hydrogens is 214 g/mol. The minimum absolute atomic E-state index is 0.289. The third-order valence-electron chi connectivity index (χ3n) is 1.60. The lowest BCUT2D eigenvalue weighted by molar-refractivity contribution is 0.0211. The predicted octanol–water partition coefficient (Wildman–Crippen LogP) is 1.35. The third kappa shape index (κ3) is 3.49. The van der Waals surface area contributed by atoms with E-state index in [1.165, 1.54) is 0 Å². The fourth-order valence-corrected chi connectivity index (χ4v) is 1.67. The Balaban J connectivity index is 2.50. The highest BCUT2D eigenvalue weighted by Gasteiger charge is 2.13. The molecule has 0 fully saturated rings. The second-order valence-electron chi connectivity index (χ2n) is 3.60. The first-order chi connectivity index (χ1) is 7.00. The van der Waals surface area contributed by atoms with E-state index in [0.29, 0.717) is 28.2 Å². The fraction of sp³-hybridized carbons (Fsp3) is 0.556. The Bertz CT molecular complexity index is 349. The smallest absolute Gasteiger partial charge is 0.286 e. The quantitative estimate of drug-likeness (QED) is 0.764. The number of carbonyl (C=O) groups excluding carboxylic acids is 1. The number of hydrogen-bond donors (Lipinski definition) is 2. The Labute approximate surface area is 92.6 Å². The van der Waals surface area contributed by atoms with E-state index in [9.17, 15) is 4.79 Å². The number of carbonyl (C=O) groups is 1. The zero-order valence-corrected chi connectivity index (χ0v) is 9.85. The third-order valence-corrected chi connectivity index (χ3v) is 2.59. The molecule has 1 aromatic rings. The van der Waals surface area contributed by atoms with Gasteiger partial charge in [0.25, 0.3) is 5.91 Å². The van der Waals surface area contributed by atoms with Gasteiger partial charge in [-0.3, -0.25) is 9.63 Å². The molecule has 15 heavy (non-hydrogen) atoms. The highest BCUT2D eigenvalue weighted by Crippen LogP contribution is 2.19. The summed E-state index contributed by atoms with van der Waals surface area (Å²) in [6.07, 6.45) is 0. The lowest BCUT2D eigenvalue weighted by atomic mass is 10.2. The highest BCUT2D eigenvalue weighted by atomic mass is 32.1. The standard InChI is InChI=1S/C9H15N3O2S/c1-5(2)4-14-12-8(13)7-6(3)11-9(10)15-7/h5H,4H2,1-3H3,(H2,10,11)(H,12,13). The summed E-state index contributed by atoms with van der Waals surface area (Å²) < 4.78 is 0. The van der Waals surface area contributed by atoms with Crippen molar-refractivity contribution in [3.8, 4) is 0 Å². The van der Waals surface area contributed by atoms with Crippen molar-refractivity contribution < 1.29 is 9.63 Å². The molecule has 0 atom stereocenters. The summed E-state index contributed by atoms with van der Waals surface area (Å²) in [5.41, 5.74) is 8.47. The summed E-state index contributed by atoms with van der Waals surface area (Å²) in [5.74, 6) is 0.0836. The first-order valence-corrected chi connectivity index (χ1v) is 5.47. The Morgan fingerprint density at radius 1 is 1.67 bits per heavy atom. The number of aromatic nitrogens is 1. The average Bonchev–Trinajstić information content (AvgIpc) is 2.44. The van der Waals surface area contributed by atoms with E-state index in [0.717, 1.165) is 11.3 Å². The van der Waals surface area contributed by atoms with Crippen LogP contribution in [0, 0.1) is 12.8 Å². The number of rotatable bonds is 4. The van der Waals surface area contributed by atoms with Gasteiger partial charge in [0.15, 0.2) is 5.13 Å². The number of nitrogen functional groups attached to an aromatic ring is 1. The maximum absolute atomic E-state index is 11.5. The SMILES string of the molecule is Cc1nc(N)sc1C(=O)NOCC(C)C. The molecule has 0 radical (unpaired) electrons. The Morgan fingerprint density at radius 3 is 2.80 bits per heavy atom. The molecule has 1 amide bonds. The van der Waals surface area contributed by atoms with E-state index in [1.54, 1.807) is 6.92 Å². The van der Waals surface area contributed by atoms with Crippen LogP contribution in [-0.2, 0) is 4.84 Å². The summed E-state index contributed by atoms with van der Waals surface area (Å²) in [5, 5.41) is 0.390. The van der Waals surface area contributed by atoms with Crippen LogP contribution in [0.25, 0.3) is 0 Å². The van der Waals surface area contributed by atoms with Crippen molar-refractivity contribution in [1.29, 1.82) is 0 Å². The molecule has 1 heterocycles. The van der Waals surface area contributed by atoms with E-state index >= 15 is 0 Å². The normalized spacial score (nSPS) is 10.7. The van der Waals surface area contributed by atoms with Crippen molar-refractivity contribution in [2.75, 3.05) is 12.3 Å². The summed E-state index contributed by atoms with van der Waals surface area (Å²) in [6.45, 7) is 6.23. The first kappa shape index (κ1) is 11.9. The van der Waals surface area contributed by atoms with Crippen LogP contribution in [-0.4, -0.2) is 17.5 Å². The van der Waals surface area contributed by atoms with Gasteiger partial charge >= 0.3 is 0 Å². The zero-order chi connectivity index (χ0) is 11.4. The van der Waals surface area contributed by atoms with Gasteiger partial charge in [0, 0.05) is 0 Å². The number of anilines is 1. The van der Waals surface area contributed by atoms with Crippen LogP contribution in [0.1, 0.15) is 29.2 Å². The average molecular weight is 229 g/mol. The van der Waals surface area contributed by atoms with Gasteiger partial charge in [-0.2, -0.15) is 0 Å². The topological polar surface area (TPSA) is 77.2 Å². The number of nitrogens with two attached hydrogens (primary N) is 1. The molecule has 0 saturated carbocycles. The number of hydroxylamine groups is 1. The molecule has 0 aliphatic heterocycles. The predicted molar refractivity (Wildman–Crippen MR) is 59.5 cm³/mol. The van der Waals surface area contributed by atoms with Crippen LogP contribution in [0.4, 0.5) is 5.13 Å². The van der Waals surface area contributed by atoms with Gasteiger partial charge < -0.3 is 5.73 Å². The molecule has 1 aromatic heterocycles. The molecule has 0 aliphatic carbocycles. The molecule has 0 saturated heterocycles. The molecule has 0 aliphatic rings. The number of thiazole rings is 1. The summed E-state index contributed by atoms with van der Waals surface area (Å²) in [4.78, 5) is 21.0. The minimum atomic E-state index is -0.289. The number of amides is 1. The van der Waals surface area contributed by atoms with Crippen LogP contribution in [0.3, 0.4) is 0 Å². The van der Waals surface area contributed by atoms with Crippen molar-refractivity contribution in [1.82, 2.24) is 10.5 Å². The van der Waals surface area contributed by atoms with Crippen LogP contribution >= 0.6 is 11.3 Å². The second kappa shape index (κ2) is 5.09. The van der Waals surface area contributed by atoms with Gasteiger partial charge in [0.1, 0.15) is 4.88 Å². The molecule has 0 spiro atoms. The largest absolute Gasteiger partial charge is 0.375 e. The minimum Gasteiger partial charge on any atom is -0.375 e. The molecule has 6 heteroatoms. The van der Waals surface area contributed by atoms with E-state index in [-0.39, 0.29) is 5.91 Å². The molecular formula is C9H15N3O2S. The number of nitrogens with zero attached hydrogens (tertiary/aromatic N) is 1. The van der Waals surface area contributed by atoms with Gasteiger partial charge in [0.2, 0.25) is 0 Å². The van der Waals surface area contributed by atoms with Crippen LogP contribution in [0.15, 0.2) is 0 Å². The van der Waals surface area contributed by atoms with Crippen molar-refractivity contribution in [3.63, 3.8) is 0 Å². The molecule has 1 rings (SSSR count). The van der Waals surface area contributed by atoms with Gasteiger partial charge in [-0.1, -0.05) is 25.2 Å². The number of nitrogens with one attached hydrogen (secondary N) is 1. The van der Waals surface area contributed by atoms with E-state index in [2.05, 4.69) is 10.5 Å². The molecule has 3 N–H and O–H groups in total. The van der Waals surface area contributed by atoms with E-state index < -0.39 is 0 Å². The Morgan fingerprint density at radius 2 is 2.33 bits per heavy atom. The van der Waals surface area contributed by atoms with Crippen molar-refractivity contribution in [2.24, 2.45) is 5.92 Å². The first-order valence-electron chi connectivity index (χ1n) is 4.65.